The van der Waals surface area contributed by atoms with Gasteiger partial charge in [0.15, 0.2) is 6.10 Å². The molecule has 0 spiro atoms. The van der Waals surface area contributed by atoms with Crippen molar-refractivity contribution in [2.24, 2.45) is 5.41 Å². The highest BCUT2D eigenvalue weighted by atomic mass is 19.4. The predicted octanol–water partition coefficient (Wildman–Crippen LogP) is 1.82. The number of methoxy groups -OCH3 is 1. The summed E-state index contributed by atoms with van der Waals surface area (Å²) in [4.78, 5) is 12.7. The van der Waals surface area contributed by atoms with Crippen LogP contribution in [-0.4, -0.2) is 55.5 Å². The molecular formula is C12H22F3NO3. The molecule has 114 valence electrons. The highest BCUT2D eigenvalue weighted by molar-refractivity contribution is 5.76. The third kappa shape index (κ3) is 7.37. The van der Waals surface area contributed by atoms with Gasteiger partial charge in [-0.25, -0.2) is 0 Å². The van der Waals surface area contributed by atoms with E-state index in [1.165, 1.54) is 7.05 Å². The van der Waals surface area contributed by atoms with Crippen molar-refractivity contribution in [3.8, 4) is 0 Å². The van der Waals surface area contributed by atoms with Gasteiger partial charge in [0.25, 0.3) is 0 Å². The quantitative estimate of drug-likeness (QED) is 0.776. The van der Waals surface area contributed by atoms with Gasteiger partial charge >= 0.3 is 6.18 Å². The lowest BCUT2D eigenvalue weighted by molar-refractivity contribution is -0.207. The Kier molecular flexibility index (Phi) is 6.79. The van der Waals surface area contributed by atoms with Crippen molar-refractivity contribution in [3.05, 3.63) is 0 Å². The number of alkyl halides is 3. The number of likely N-dealkylation sites (N-methyl/N-ethyl adjacent to an activating group) is 1. The molecule has 1 atom stereocenters. The summed E-state index contributed by atoms with van der Waals surface area (Å²) < 4.78 is 41.4. The number of hydrogen-bond donors (Lipinski definition) is 1. The van der Waals surface area contributed by atoms with Gasteiger partial charge in [-0.2, -0.15) is 13.2 Å². The number of aliphatic hydroxyl groups excluding tert-OH is 1. The standard InChI is InChI=1S/C12H22F3NO3/c1-11(2,5-6-19-4)7-10(18)16(3)8-9(17)12(13,14)15/h9,17H,5-8H2,1-4H3. The Labute approximate surface area is 111 Å². The van der Waals surface area contributed by atoms with Gasteiger partial charge in [0.05, 0.1) is 6.54 Å². The minimum Gasteiger partial charge on any atom is -0.385 e. The Morgan fingerprint density at radius 3 is 2.32 bits per heavy atom. The molecule has 4 nitrogen and oxygen atoms in total. The lowest BCUT2D eigenvalue weighted by atomic mass is 9.85. The van der Waals surface area contributed by atoms with Crippen molar-refractivity contribution in [2.75, 3.05) is 27.3 Å². The average molecular weight is 285 g/mol. The van der Waals surface area contributed by atoms with Crippen LogP contribution in [-0.2, 0) is 9.53 Å². The first-order chi connectivity index (χ1) is 8.49. The van der Waals surface area contributed by atoms with Crippen LogP contribution in [0.1, 0.15) is 26.7 Å². The molecule has 0 aromatic heterocycles. The van der Waals surface area contributed by atoms with Crippen molar-refractivity contribution in [1.29, 1.82) is 0 Å². The van der Waals surface area contributed by atoms with E-state index >= 15 is 0 Å². The molecule has 0 rings (SSSR count). The van der Waals surface area contributed by atoms with Crippen molar-refractivity contribution in [2.45, 2.75) is 39.0 Å². The minimum atomic E-state index is -4.71. The molecule has 0 saturated carbocycles. The normalized spacial score (nSPS) is 14.3. The molecule has 0 heterocycles. The van der Waals surface area contributed by atoms with Crippen LogP contribution >= 0.6 is 0 Å². The van der Waals surface area contributed by atoms with Gasteiger partial charge in [-0.3, -0.25) is 4.79 Å². The van der Waals surface area contributed by atoms with Crippen molar-refractivity contribution < 1.29 is 27.8 Å². The van der Waals surface area contributed by atoms with E-state index in [1.54, 1.807) is 7.11 Å². The number of rotatable bonds is 7. The van der Waals surface area contributed by atoms with Crippen molar-refractivity contribution in [3.63, 3.8) is 0 Å². The average Bonchev–Trinajstić information content (AvgIpc) is 2.24. The van der Waals surface area contributed by atoms with Crippen molar-refractivity contribution >= 4 is 5.91 Å². The number of amides is 1. The predicted molar refractivity (Wildman–Crippen MR) is 64.6 cm³/mol. The molecule has 0 saturated heterocycles. The van der Waals surface area contributed by atoms with Gasteiger partial charge in [-0.1, -0.05) is 13.8 Å². The monoisotopic (exact) mass is 285 g/mol. The topological polar surface area (TPSA) is 49.8 Å². The Bertz CT molecular complexity index is 292. The van der Waals surface area contributed by atoms with Crippen LogP contribution < -0.4 is 0 Å². The maximum absolute atomic E-state index is 12.2. The van der Waals surface area contributed by atoms with Crippen molar-refractivity contribution in [1.82, 2.24) is 4.90 Å². The maximum Gasteiger partial charge on any atom is 0.416 e. The number of ether oxygens (including phenoxy) is 1. The molecule has 0 radical (unpaired) electrons. The van der Waals surface area contributed by atoms with Gasteiger partial charge in [0.1, 0.15) is 0 Å². The number of carbonyl (C=O) groups excluding carboxylic acids is 1. The summed E-state index contributed by atoms with van der Waals surface area (Å²) in [5.74, 6) is -0.426. The first-order valence-electron chi connectivity index (χ1n) is 5.97. The molecule has 0 fully saturated rings. The first-order valence-corrected chi connectivity index (χ1v) is 5.97. The summed E-state index contributed by atoms with van der Waals surface area (Å²) in [7, 11) is 2.80. The third-order valence-corrected chi connectivity index (χ3v) is 2.86. The Morgan fingerprint density at radius 1 is 1.37 bits per heavy atom. The molecule has 7 heteroatoms. The van der Waals surface area contributed by atoms with E-state index in [4.69, 9.17) is 9.84 Å². The Hall–Kier alpha value is -0.820. The van der Waals surface area contributed by atoms with E-state index in [-0.39, 0.29) is 11.8 Å². The summed E-state index contributed by atoms with van der Waals surface area (Å²) in [6.45, 7) is 3.42. The van der Waals surface area contributed by atoms with Gasteiger partial charge in [0, 0.05) is 27.2 Å². The highest BCUT2D eigenvalue weighted by Gasteiger charge is 2.39. The van der Waals surface area contributed by atoms with Gasteiger partial charge in [0.2, 0.25) is 5.91 Å². The fourth-order valence-corrected chi connectivity index (χ4v) is 1.48. The number of nitrogens with zero attached hydrogens (tertiary/aromatic N) is 1. The van der Waals surface area contributed by atoms with E-state index < -0.39 is 24.7 Å². The van der Waals surface area contributed by atoms with Crippen LogP contribution in [0.2, 0.25) is 0 Å². The summed E-state index contributed by atoms with van der Waals surface area (Å²) in [5, 5.41) is 8.91. The van der Waals surface area contributed by atoms with Crippen LogP contribution in [0, 0.1) is 5.41 Å². The summed E-state index contributed by atoms with van der Waals surface area (Å²) in [6.07, 6.45) is -6.48. The molecule has 1 amide bonds. The zero-order valence-corrected chi connectivity index (χ0v) is 11.8. The number of carbonyl (C=O) groups is 1. The molecule has 1 N–H and O–H groups in total. The highest BCUT2D eigenvalue weighted by Crippen LogP contribution is 2.26. The van der Waals surface area contributed by atoms with Gasteiger partial charge in [-0.15, -0.1) is 0 Å². The Balaban J connectivity index is 4.34. The molecule has 0 aliphatic heterocycles. The summed E-state index contributed by atoms with van der Waals surface area (Å²) >= 11 is 0. The zero-order valence-electron chi connectivity index (χ0n) is 11.8. The largest absolute Gasteiger partial charge is 0.416 e. The number of hydrogen-bond acceptors (Lipinski definition) is 3. The Morgan fingerprint density at radius 2 is 1.89 bits per heavy atom. The molecule has 0 aliphatic carbocycles. The molecule has 19 heavy (non-hydrogen) atoms. The van der Waals surface area contributed by atoms with E-state index in [1.807, 2.05) is 13.8 Å². The second-order valence-electron chi connectivity index (χ2n) is 5.42. The second-order valence-corrected chi connectivity index (χ2v) is 5.42. The molecule has 0 aromatic carbocycles. The van der Waals surface area contributed by atoms with E-state index in [0.717, 1.165) is 4.90 Å². The van der Waals surface area contributed by atoms with Crippen LogP contribution in [0.4, 0.5) is 13.2 Å². The fraction of sp³-hybridized carbons (Fsp3) is 0.917. The first kappa shape index (κ1) is 18.2. The molecule has 1 unspecified atom stereocenters. The summed E-state index contributed by atoms with van der Waals surface area (Å²) in [6, 6.07) is 0. The number of halogens is 3. The van der Waals surface area contributed by atoms with Gasteiger partial charge in [-0.05, 0) is 11.8 Å². The third-order valence-electron chi connectivity index (χ3n) is 2.86. The molecular weight excluding hydrogens is 263 g/mol. The molecule has 0 aliphatic rings. The van der Waals surface area contributed by atoms with Crippen LogP contribution in [0.25, 0.3) is 0 Å². The lowest BCUT2D eigenvalue weighted by Gasteiger charge is -2.28. The van der Waals surface area contributed by atoms with Crippen LogP contribution in [0.3, 0.4) is 0 Å². The van der Waals surface area contributed by atoms with E-state index in [0.29, 0.717) is 13.0 Å². The van der Waals surface area contributed by atoms with Crippen LogP contribution in [0.15, 0.2) is 0 Å². The zero-order chi connectivity index (χ0) is 15.3. The van der Waals surface area contributed by atoms with Crippen LogP contribution in [0.5, 0.6) is 0 Å². The fourth-order valence-electron chi connectivity index (χ4n) is 1.48. The van der Waals surface area contributed by atoms with Gasteiger partial charge < -0.3 is 14.7 Å². The lowest BCUT2D eigenvalue weighted by Crippen LogP contribution is -2.42. The second kappa shape index (κ2) is 7.09. The number of aliphatic hydroxyl groups is 1. The summed E-state index contributed by atoms with van der Waals surface area (Å²) in [5.41, 5.74) is -0.357. The van der Waals surface area contributed by atoms with E-state index in [9.17, 15) is 18.0 Å². The molecule has 0 aromatic rings. The minimum absolute atomic E-state index is 0.109. The smallest absolute Gasteiger partial charge is 0.385 e. The maximum atomic E-state index is 12.2. The SMILES string of the molecule is COCCC(C)(C)CC(=O)N(C)CC(O)C(F)(F)F. The molecule has 0 bridgehead atoms. The van der Waals surface area contributed by atoms with E-state index in [2.05, 4.69) is 0 Å².